The fourth-order valence-corrected chi connectivity index (χ4v) is 2.18. The highest BCUT2D eigenvalue weighted by Gasteiger charge is 2.31. The van der Waals surface area contributed by atoms with Crippen LogP contribution in [0.25, 0.3) is 0 Å². The summed E-state index contributed by atoms with van der Waals surface area (Å²) in [7, 11) is 1.83. The molecule has 0 aromatic heterocycles. The molecule has 1 amide bonds. The molecule has 1 aliphatic heterocycles. The van der Waals surface area contributed by atoms with E-state index in [0.29, 0.717) is 6.54 Å². The van der Waals surface area contributed by atoms with Crippen LogP contribution in [0.4, 0.5) is 5.69 Å². The summed E-state index contributed by atoms with van der Waals surface area (Å²) in [5, 5.41) is 0. The average Bonchev–Trinajstić information content (AvgIpc) is 2.34. The lowest BCUT2D eigenvalue weighted by atomic mass is 10.1. The Kier molecular flexibility index (Phi) is 3.33. The zero-order valence-corrected chi connectivity index (χ0v) is 10.4. The van der Waals surface area contributed by atoms with Gasteiger partial charge in [0.25, 0.3) is 0 Å². The summed E-state index contributed by atoms with van der Waals surface area (Å²) in [4.78, 5) is 15.9. The number of piperazine rings is 1. The fraction of sp³-hybridized carbons (Fsp3) is 0.462. The third-order valence-corrected chi connectivity index (χ3v) is 3.30. The van der Waals surface area contributed by atoms with E-state index in [1.165, 1.54) is 5.56 Å². The molecule has 92 valence electrons. The van der Waals surface area contributed by atoms with Crippen LogP contribution in [0.15, 0.2) is 24.3 Å². The Morgan fingerprint density at radius 3 is 2.53 bits per heavy atom. The number of rotatable bonds is 2. The van der Waals surface area contributed by atoms with E-state index >= 15 is 0 Å². The van der Waals surface area contributed by atoms with Gasteiger partial charge in [-0.05, 0) is 19.1 Å². The van der Waals surface area contributed by atoms with Crippen LogP contribution < -0.4 is 10.6 Å². The number of carbonyl (C=O) groups is 1. The van der Waals surface area contributed by atoms with E-state index < -0.39 is 0 Å². The minimum Gasteiger partial charge on any atom is -0.357 e. The Labute approximate surface area is 102 Å². The van der Waals surface area contributed by atoms with Gasteiger partial charge < -0.3 is 15.5 Å². The monoisotopic (exact) mass is 233 g/mol. The van der Waals surface area contributed by atoms with Crippen LogP contribution in [0.5, 0.6) is 0 Å². The van der Waals surface area contributed by atoms with Crippen molar-refractivity contribution >= 4 is 11.6 Å². The lowest BCUT2D eigenvalue weighted by molar-refractivity contribution is -0.132. The van der Waals surface area contributed by atoms with Crippen LogP contribution >= 0.6 is 0 Å². The third kappa shape index (κ3) is 2.26. The van der Waals surface area contributed by atoms with E-state index in [-0.39, 0.29) is 11.9 Å². The van der Waals surface area contributed by atoms with Gasteiger partial charge in [0.05, 0.1) is 0 Å². The summed E-state index contributed by atoms with van der Waals surface area (Å²) in [5.74, 6) is 0.110. The van der Waals surface area contributed by atoms with Crippen molar-refractivity contribution in [3.63, 3.8) is 0 Å². The third-order valence-electron chi connectivity index (χ3n) is 3.30. The molecule has 1 atom stereocenters. The van der Waals surface area contributed by atoms with Crippen molar-refractivity contribution in [1.29, 1.82) is 0 Å². The predicted octanol–water partition coefficient (Wildman–Crippen LogP) is 0.601. The molecule has 0 saturated carbocycles. The predicted molar refractivity (Wildman–Crippen MR) is 69.0 cm³/mol. The summed E-state index contributed by atoms with van der Waals surface area (Å²) >= 11 is 0. The van der Waals surface area contributed by atoms with E-state index in [1.807, 2.05) is 7.05 Å². The number of nitrogens with two attached hydrogens (primary N) is 1. The smallest absolute Gasteiger partial charge is 0.246 e. The van der Waals surface area contributed by atoms with Gasteiger partial charge in [0.2, 0.25) is 5.91 Å². The van der Waals surface area contributed by atoms with Crippen LogP contribution in [-0.4, -0.2) is 43.5 Å². The first kappa shape index (κ1) is 11.9. The maximum absolute atomic E-state index is 12.0. The number of amides is 1. The minimum atomic E-state index is -0.226. The molecule has 4 heteroatoms. The molecule has 1 saturated heterocycles. The van der Waals surface area contributed by atoms with E-state index in [0.717, 1.165) is 18.8 Å². The van der Waals surface area contributed by atoms with Gasteiger partial charge in [-0.3, -0.25) is 4.79 Å². The van der Waals surface area contributed by atoms with Gasteiger partial charge in [0, 0.05) is 32.4 Å². The lowest BCUT2D eigenvalue weighted by Crippen LogP contribution is -2.58. The van der Waals surface area contributed by atoms with Crippen LogP contribution in [0.3, 0.4) is 0 Å². The van der Waals surface area contributed by atoms with Crippen molar-refractivity contribution in [2.75, 3.05) is 31.6 Å². The molecule has 2 rings (SSSR count). The van der Waals surface area contributed by atoms with E-state index in [1.54, 1.807) is 4.90 Å². The van der Waals surface area contributed by atoms with Crippen molar-refractivity contribution in [3.05, 3.63) is 29.8 Å². The highest BCUT2D eigenvalue weighted by Crippen LogP contribution is 2.20. The molecule has 0 spiro atoms. The summed E-state index contributed by atoms with van der Waals surface area (Å²) < 4.78 is 0. The molecule has 0 bridgehead atoms. The second kappa shape index (κ2) is 4.75. The second-order valence-corrected chi connectivity index (χ2v) is 4.54. The summed E-state index contributed by atoms with van der Waals surface area (Å²) in [6.07, 6.45) is 0. The molecule has 1 unspecified atom stereocenters. The van der Waals surface area contributed by atoms with E-state index in [2.05, 4.69) is 36.1 Å². The number of aryl methyl sites for hydroxylation is 1. The zero-order chi connectivity index (χ0) is 12.4. The minimum absolute atomic E-state index is 0.110. The molecule has 0 radical (unpaired) electrons. The summed E-state index contributed by atoms with van der Waals surface area (Å²) in [6, 6.07) is 8.00. The quantitative estimate of drug-likeness (QED) is 0.814. The molecule has 1 fully saturated rings. The van der Waals surface area contributed by atoms with Crippen LogP contribution in [0.1, 0.15) is 5.56 Å². The van der Waals surface area contributed by atoms with Gasteiger partial charge in [-0.25, -0.2) is 0 Å². The fourth-order valence-electron chi connectivity index (χ4n) is 2.18. The Bertz CT molecular complexity index is 402. The number of hydrogen-bond acceptors (Lipinski definition) is 3. The first-order chi connectivity index (χ1) is 8.13. The molecule has 4 nitrogen and oxygen atoms in total. The maximum Gasteiger partial charge on any atom is 0.246 e. The SMILES string of the molecule is Cc1ccc(N2CCN(C)C(=O)C2CN)cc1. The molecule has 2 N–H and O–H groups in total. The van der Waals surface area contributed by atoms with Crippen LogP contribution in [0.2, 0.25) is 0 Å². The highest BCUT2D eigenvalue weighted by molar-refractivity contribution is 5.86. The number of benzene rings is 1. The average molecular weight is 233 g/mol. The standard InChI is InChI=1S/C13H19N3O/c1-10-3-5-11(6-4-10)16-8-7-15(2)13(17)12(16)9-14/h3-6,12H,7-9,14H2,1-2H3. The highest BCUT2D eigenvalue weighted by atomic mass is 16.2. The Morgan fingerprint density at radius 2 is 1.94 bits per heavy atom. The number of hydrogen-bond donors (Lipinski definition) is 1. The van der Waals surface area contributed by atoms with Crippen molar-refractivity contribution in [1.82, 2.24) is 4.90 Å². The molecule has 1 heterocycles. The van der Waals surface area contributed by atoms with Crippen LogP contribution in [-0.2, 0) is 4.79 Å². The number of anilines is 1. The molecule has 1 aliphatic rings. The van der Waals surface area contributed by atoms with E-state index in [4.69, 9.17) is 5.73 Å². The van der Waals surface area contributed by atoms with Gasteiger partial charge in [-0.15, -0.1) is 0 Å². The first-order valence-electron chi connectivity index (χ1n) is 5.92. The largest absolute Gasteiger partial charge is 0.357 e. The van der Waals surface area contributed by atoms with Gasteiger partial charge in [0.15, 0.2) is 0 Å². The molecule has 1 aromatic rings. The van der Waals surface area contributed by atoms with E-state index in [9.17, 15) is 4.79 Å². The number of carbonyl (C=O) groups excluding carboxylic acids is 1. The van der Waals surface area contributed by atoms with Crippen molar-refractivity contribution in [2.24, 2.45) is 5.73 Å². The van der Waals surface area contributed by atoms with Gasteiger partial charge >= 0.3 is 0 Å². The Morgan fingerprint density at radius 1 is 1.29 bits per heavy atom. The van der Waals surface area contributed by atoms with Crippen molar-refractivity contribution < 1.29 is 4.79 Å². The number of nitrogens with zero attached hydrogens (tertiary/aromatic N) is 2. The maximum atomic E-state index is 12.0. The Hall–Kier alpha value is -1.55. The molecular weight excluding hydrogens is 214 g/mol. The molecule has 0 aliphatic carbocycles. The molecule has 1 aromatic carbocycles. The normalized spacial score (nSPS) is 20.9. The van der Waals surface area contributed by atoms with Gasteiger partial charge in [-0.1, -0.05) is 17.7 Å². The van der Waals surface area contributed by atoms with Crippen LogP contribution in [0, 0.1) is 6.92 Å². The Balaban J connectivity index is 2.25. The summed E-state index contributed by atoms with van der Waals surface area (Å²) in [6.45, 7) is 4.01. The number of likely N-dealkylation sites (N-methyl/N-ethyl adjacent to an activating group) is 1. The van der Waals surface area contributed by atoms with Gasteiger partial charge in [0.1, 0.15) is 6.04 Å². The topological polar surface area (TPSA) is 49.6 Å². The van der Waals surface area contributed by atoms with Crippen molar-refractivity contribution in [3.8, 4) is 0 Å². The summed E-state index contributed by atoms with van der Waals surface area (Å²) in [5.41, 5.74) is 8.02. The first-order valence-corrected chi connectivity index (χ1v) is 5.92. The molecular formula is C13H19N3O. The lowest BCUT2D eigenvalue weighted by Gasteiger charge is -2.40. The second-order valence-electron chi connectivity index (χ2n) is 4.54. The molecule has 17 heavy (non-hydrogen) atoms. The zero-order valence-electron chi connectivity index (χ0n) is 10.4. The van der Waals surface area contributed by atoms with Crippen molar-refractivity contribution in [2.45, 2.75) is 13.0 Å². The van der Waals surface area contributed by atoms with Gasteiger partial charge in [-0.2, -0.15) is 0 Å².